The van der Waals surface area contributed by atoms with Gasteiger partial charge in [0.15, 0.2) is 11.6 Å². The van der Waals surface area contributed by atoms with Crippen molar-refractivity contribution >= 4 is 40.8 Å². The largest absolute Gasteiger partial charge is 0.381 e. The molecule has 0 spiro atoms. The Labute approximate surface area is 227 Å². The second-order valence-corrected chi connectivity index (χ2v) is 10.8. The number of halogens is 2. The predicted octanol–water partition coefficient (Wildman–Crippen LogP) is 6.55. The van der Waals surface area contributed by atoms with E-state index in [1.807, 2.05) is 24.3 Å². The first-order chi connectivity index (χ1) is 18.0. The van der Waals surface area contributed by atoms with Gasteiger partial charge in [0, 0.05) is 27.7 Å². The second kappa shape index (κ2) is 11.3. The molecule has 4 N–H and O–H groups in total. The Morgan fingerprint density at radius 2 is 1.78 bits per heavy atom. The van der Waals surface area contributed by atoms with Gasteiger partial charge in [-0.25, -0.2) is 14.8 Å². The molecule has 2 fully saturated rings. The lowest BCUT2D eigenvalue weighted by molar-refractivity contribution is -0.175. The summed E-state index contributed by atoms with van der Waals surface area (Å²) in [4.78, 5) is 27.5. The number of nitrogens with one attached hydrogen (secondary N) is 2. The van der Waals surface area contributed by atoms with Gasteiger partial charge in [-0.2, -0.15) is 0 Å². The van der Waals surface area contributed by atoms with Crippen LogP contribution in [0.2, 0.25) is 10.0 Å². The van der Waals surface area contributed by atoms with Crippen molar-refractivity contribution in [3.05, 3.63) is 69.8 Å². The van der Waals surface area contributed by atoms with Crippen LogP contribution in [-0.2, 0) is 22.7 Å². The van der Waals surface area contributed by atoms with Crippen molar-refractivity contribution in [1.82, 2.24) is 15.4 Å². The Balaban J connectivity index is 1.22. The van der Waals surface area contributed by atoms with Gasteiger partial charge in [0.2, 0.25) is 0 Å². The zero-order valence-electron chi connectivity index (χ0n) is 20.6. The summed E-state index contributed by atoms with van der Waals surface area (Å²) in [5.74, 6) is 1.10. The zero-order valence-corrected chi connectivity index (χ0v) is 22.1. The number of aromatic nitrogens is 2. The number of anilines is 2. The Morgan fingerprint density at radius 1 is 1.05 bits per heavy atom. The molecule has 7 nitrogen and oxygen atoms in total. The molecule has 9 heteroatoms. The van der Waals surface area contributed by atoms with Gasteiger partial charge in [-0.15, -0.1) is 5.48 Å². The normalized spacial score (nSPS) is 16.8. The number of rotatable bonds is 9. The van der Waals surface area contributed by atoms with Crippen LogP contribution in [0, 0.1) is 11.3 Å². The fourth-order valence-corrected chi connectivity index (χ4v) is 6.01. The summed E-state index contributed by atoms with van der Waals surface area (Å²) in [6.07, 6.45) is 9.36. The summed E-state index contributed by atoms with van der Waals surface area (Å²) in [5.41, 5.74) is 12.0. The van der Waals surface area contributed by atoms with E-state index >= 15 is 0 Å². The molecule has 194 valence electrons. The minimum absolute atomic E-state index is 0.0967. The smallest absolute Gasteiger partial charge is 0.331 e. The SMILES string of the molecule is Nc1ncc(-c2cccc(CNOC(=O)C3(C4CCCC4)CCC3)c2)nc1NCc1c(Cl)cccc1Cl. The molecule has 2 aliphatic rings. The van der Waals surface area contributed by atoms with Crippen molar-refractivity contribution in [2.45, 2.75) is 58.0 Å². The minimum atomic E-state index is -0.275. The molecule has 2 aromatic carbocycles. The van der Waals surface area contributed by atoms with Crippen molar-refractivity contribution in [2.75, 3.05) is 11.1 Å². The van der Waals surface area contributed by atoms with E-state index in [9.17, 15) is 4.79 Å². The van der Waals surface area contributed by atoms with Crippen LogP contribution in [0.3, 0.4) is 0 Å². The van der Waals surface area contributed by atoms with E-state index in [1.54, 1.807) is 24.4 Å². The second-order valence-electron chi connectivity index (χ2n) is 9.94. The molecule has 0 atom stereocenters. The Morgan fingerprint density at radius 3 is 2.49 bits per heavy atom. The fourth-order valence-electron chi connectivity index (χ4n) is 5.48. The summed E-state index contributed by atoms with van der Waals surface area (Å²) in [5, 5.41) is 4.32. The highest BCUT2D eigenvalue weighted by atomic mass is 35.5. The first kappa shape index (κ1) is 25.8. The summed E-state index contributed by atoms with van der Waals surface area (Å²) in [6.45, 7) is 0.761. The van der Waals surface area contributed by atoms with E-state index in [0.29, 0.717) is 40.6 Å². The molecule has 5 rings (SSSR count). The van der Waals surface area contributed by atoms with Crippen LogP contribution in [-0.4, -0.2) is 15.9 Å². The molecule has 0 bridgehead atoms. The van der Waals surface area contributed by atoms with E-state index < -0.39 is 0 Å². The van der Waals surface area contributed by atoms with Gasteiger partial charge in [0.05, 0.1) is 23.9 Å². The Bertz CT molecular complexity index is 1250. The van der Waals surface area contributed by atoms with Crippen molar-refractivity contribution in [2.24, 2.45) is 11.3 Å². The molecule has 1 heterocycles. The van der Waals surface area contributed by atoms with Crippen LogP contribution in [0.4, 0.5) is 11.6 Å². The van der Waals surface area contributed by atoms with Gasteiger partial charge in [0.25, 0.3) is 0 Å². The number of benzene rings is 2. The number of carbonyl (C=O) groups excluding carboxylic acids is 1. The molecule has 0 amide bonds. The third-order valence-electron chi connectivity index (χ3n) is 7.75. The van der Waals surface area contributed by atoms with Gasteiger partial charge in [-0.05, 0) is 55.4 Å². The summed E-state index contributed by atoms with van der Waals surface area (Å²) < 4.78 is 0. The van der Waals surface area contributed by atoms with Gasteiger partial charge in [-0.1, -0.05) is 66.7 Å². The number of carbonyl (C=O) groups is 1. The van der Waals surface area contributed by atoms with E-state index in [0.717, 1.165) is 48.8 Å². The van der Waals surface area contributed by atoms with Crippen LogP contribution in [0.1, 0.15) is 56.1 Å². The molecule has 0 aliphatic heterocycles. The molecule has 0 unspecified atom stereocenters. The van der Waals surface area contributed by atoms with Crippen molar-refractivity contribution in [1.29, 1.82) is 0 Å². The van der Waals surface area contributed by atoms with Crippen LogP contribution in [0.5, 0.6) is 0 Å². The Hall–Kier alpha value is -2.87. The lowest BCUT2D eigenvalue weighted by Crippen LogP contribution is -2.46. The number of nitrogen functional groups attached to an aromatic ring is 1. The predicted molar refractivity (Wildman–Crippen MR) is 147 cm³/mol. The first-order valence-corrected chi connectivity index (χ1v) is 13.5. The molecule has 0 radical (unpaired) electrons. The fraction of sp³-hybridized carbons (Fsp3) is 0.393. The van der Waals surface area contributed by atoms with Gasteiger partial charge in [0.1, 0.15) is 0 Å². The van der Waals surface area contributed by atoms with Crippen molar-refractivity contribution in [3.8, 4) is 11.3 Å². The monoisotopic (exact) mass is 539 g/mol. The molecule has 37 heavy (non-hydrogen) atoms. The maximum absolute atomic E-state index is 13.0. The molecule has 1 aromatic heterocycles. The van der Waals surface area contributed by atoms with Gasteiger partial charge in [-0.3, -0.25) is 0 Å². The average Bonchev–Trinajstić information content (AvgIpc) is 3.39. The number of nitrogens with zero attached hydrogens (tertiary/aromatic N) is 2. The quantitative estimate of drug-likeness (QED) is 0.265. The highest BCUT2D eigenvalue weighted by molar-refractivity contribution is 6.36. The third kappa shape index (κ3) is 5.54. The lowest BCUT2D eigenvalue weighted by atomic mass is 9.60. The maximum atomic E-state index is 13.0. The molecule has 2 aliphatic carbocycles. The van der Waals surface area contributed by atoms with Crippen molar-refractivity contribution in [3.63, 3.8) is 0 Å². The van der Waals surface area contributed by atoms with E-state index in [1.165, 1.54) is 12.8 Å². The summed E-state index contributed by atoms with van der Waals surface area (Å²) >= 11 is 12.6. The van der Waals surface area contributed by atoms with Crippen LogP contribution < -0.4 is 16.5 Å². The highest BCUT2D eigenvalue weighted by Gasteiger charge is 2.52. The molecular formula is C28H31Cl2N5O2. The number of hydrogen-bond donors (Lipinski definition) is 3. The van der Waals surface area contributed by atoms with Crippen LogP contribution in [0.25, 0.3) is 11.3 Å². The number of nitrogens with two attached hydrogens (primary N) is 1. The van der Waals surface area contributed by atoms with E-state index in [-0.39, 0.29) is 17.2 Å². The molecule has 3 aromatic rings. The number of hydrogen-bond acceptors (Lipinski definition) is 7. The minimum Gasteiger partial charge on any atom is -0.381 e. The molecule has 2 saturated carbocycles. The lowest BCUT2D eigenvalue weighted by Gasteiger charge is -2.43. The number of hydroxylamine groups is 1. The Kier molecular flexibility index (Phi) is 7.84. The van der Waals surface area contributed by atoms with E-state index in [4.69, 9.17) is 33.8 Å². The van der Waals surface area contributed by atoms with Gasteiger partial charge < -0.3 is 15.9 Å². The zero-order chi connectivity index (χ0) is 25.8. The standard InChI is InChI=1S/C28H31Cl2N5O2/c29-22-10-4-11-23(30)21(22)16-33-26-25(31)32-17-24(35-26)19-7-3-6-18(14-19)15-34-37-27(36)28(12-5-13-28)20-8-1-2-9-20/h3-4,6-7,10-11,14,17,20,34H,1-2,5,8-9,12-13,15-16H2,(H2,31,32)(H,33,35). The van der Waals surface area contributed by atoms with Gasteiger partial charge >= 0.3 is 5.97 Å². The topological polar surface area (TPSA) is 102 Å². The summed E-state index contributed by atoms with van der Waals surface area (Å²) in [6, 6.07) is 13.2. The first-order valence-electron chi connectivity index (χ1n) is 12.8. The molecular weight excluding hydrogens is 509 g/mol. The average molecular weight is 540 g/mol. The van der Waals surface area contributed by atoms with Crippen LogP contribution >= 0.6 is 23.2 Å². The van der Waals surface area contributed by atoms with Crippen molar-refractivity contribution < 1.29 is 9.63 Å². The highest BCUT2D eigenvalue weighted by Crippen LogP contribution is 2.53. The summed E-state index contributed by atoms with van der Waals surface area (Å²) in [7, 11) is 0. The molecule has 0 saturated heterocycles. The third-order valence-corrected chi connectivity index (χ3v) is 8.46. The van der Waals surface area contributed by atoms with E-state index in [2.05, 4.69) is 20.8 Å². The van der Waals surface area contributed by atoms with Crippen LogP contribution in [0.15, 0.2) is 48.7 Å². The maximum Gasteiger partial charge on any atom is 0.331 e.